The Bertz CT molecular complexity index is 235. The van der Waals surface area contributed by atoms with Gasteiger partial charge < -0.3 is 10.5 Å². The van der Waals surface area contributed by atoms with Gasteiger partial charge in [0.1, 0.15) is 0 Å². The second kappa shape index (κ2) is 5.71. The van der Waals surface area contributed by atoms with Crippen molar-refractivity contribution < 1.29 is 4.74 Å². The summed E-state index contributed by atoms with van der Waals surface area (Å²) >= 11 is 0. The molecule has 17 heavy (non-hydrogen) atoms. The van der Waals surface area contributed by atoms with Gasteiger partial charge in [-0.3, -0.25) is 0 Å². The first kappa shape index (κ1) is 13.4. The number of ether oxygens (including phenoxy) is 1. The third kappa shape index (κ3) is 2.68. The summed E-state index contributed by atoms with van der Waals surface area (Å²) in [5.41, 5.74) is 6.61. The van der Waals surface area contributed by atoms with Crippen molar-refractivity contribution in [3.8, 4) is 0 Å². The molecule has 2 aliphatic rings. The summed E-state index contributed by atoms with van der Waals surface area (Å²) in [6.45, 7) is 2.32. The fourth-order valence-electron chi connectivity index (χ4n) is 4.11. The van der Waals surface area contributed by atoms with Crippen molar-refractivity contribution in [1.29, 1.82) is 0 Å². The second-order valence-corrected chi connectivity index (χ2v) is 6.20. The molecule has 0 aliphatic heterocycles. The van der Waals surface area contributed by atoms with Crippen LogP contribution in [-0.2, 0) is 4.74 Å². The molecular formula is C15H29NO. The van der Waals surface area contributed by atoms with E-state index in [2.05, 4.69) is 6.92 Å². The van der Waals surface area contributed by atoms with Gasteiger partial charge in [-0.25, -0.2) is 0 Å². The van der Waals surface area contributed by atoms with Gasteiger partial charge in [-0.05, 0) is 37.5 Å². The van der Waals surface area contributed by atoms with Gasteiger partial charge in [0.25, 0.3) is 0 Å². The molecule has 0 saturated heterocycles. The van der Waals surface area contributed by atoms with Crippen LogP contribution in [0.15, 0.2) is 0 Å². The zero-order valence-corrected chi connectivity index (χ0v) is 11.6. The molecule has 2 heteroatoms. The highest BCUT2D eigenvalue weighted by atomic mass is 16.5. The Balaban J connectivity index is 2.00. The Morgan fingerprint density at radius 3 is 2.53 bits per heavy atom. The van der Waals surface area contributed by atoms with E-state index < -0.39 is 0 Å². The summed E-state index contributed by atoms with van der Waals surface area (Å²) < 4.78 is 5.86. The summed E-state index contributed by atoms with van der Waals surface area (Å²) in [4.78, 5) is 0. The number of hydrogen-bond acceptors (Lipinski definition) is 2. The minimum absolute atomic E-state index is 0.0142. The fourth-order valence-corrected chi connectivity index (χ4v) is 4.11. The normalized spacial score (nSPS) is 34.8. The number of nitrogens with two attached hydrogens (primary N) is 1. The maximum atomic E-state index is 6.59. The lowest BCUT2D eigenvalue weighted by atomic mass is 9.72. The third-order valence-corrected chi connectivity index (χ3v) is 5.37. The van der Waals surface area contributed by atoms with Crippen LogP contribution in [0.1, 0.15) is 64.7 Å². The van der Waals surface area contributed by atoms with E-state index in [4.69, 9.17) is 10.5 Å². The largest absolute Gasteiger partial charge is 0.377 e. The van der Waals surface area contributed by atoms with Gasteiger partial charge in [0.2, 0.25) is 0 Å². The predicted octanol–water partition coefficient (Wildman–Crippen LogP) is 3.49. The summed E-state index contributed by atoms with van der Waals surface area (Å²) in [5.74, 6) is 1.61. The molecule has 2 rings (SSSR count). The maximum absolute atomic E-state index is 6.59. The highest BCUT2D eigenvalue weighted by Gasteiger charge is 2.43. The standard InChI is InChI=1S/C15H29NO/c1-3-12-7-6-8-13(11-12)14(16)15(17-2)9-4-5-10-15/h12-14H,3-11,16H2,1-2H3. The molecule has 0 amide bonds. The zero-order valence-electron chi connectivity index (χ0n) is 11.6. The number of rotatable bonds is 4. The summed E-state index contributed by atoms with van der Waals surface area (Å²) in [6.07, 6.45) is 11.7. The van der Waals surface area contributed by atoms with Crippen LogP contribution in [0.2, 0.25) is 0 Å². The fraction of sp³-hybridized carbons (Fsp3) is 1.00. The van der Waals surface area contributed by atoms with Gasteiger partial charge in [-0.2, -0.15) is 0 Å². The highest BCUT2D eigenvalue weighted by molar-refractivity contribution is 4.99. The molecule has 0 radical (unpaired) electrons. The topological polar surface area (TPSA) is 35.2 Å². The monoisotopic (exact) mass is 239 g/mol. The average molecular weight is 239 g/mol. The van der Waals surface area contributed by atoms with Gasteiger partial charge in [0.15, 0.2) is 0 Å². The van der Waals surface area contributed by atoms with Crippen LogP contribution in [0, 0.1) is 11.8 Å². The Kier molecular flexibility index (Phi) is 4.48. The van der Waals surface area contributed by atoms with Crippen molar-refractivity contribution in [3.63, 3.8) is 0 Å². The van der Waals surface area contributed by atoms with E-state index in [1.807, 2.05) is 7.11 Å². The molecule has 0 bridgehead atoms. The molecule has 2 saturated carbocycles. The molecule has 3 atom stereocenters. The molecule has 0 aromatic rings. The molecule has 2 fully saturated rings. The van der Waals surface area contributed by atoms with Crippen LogP contribution in [-0.4, -0.2) is 18.8 Å². The van der Waals surface area contributed by atoms with Crippen LogP contribution >= 0.6 is 0 Å². The molecule has 0 heterocycles. The third-order valence-electron chi connectivity index (χ3n) is 5.37. The van der Waals surface area contributed by atoms with E-state index in [-0.39, 0.29) is 11.6 Å². The minimum atomic E-state index is 0.0142. The van der Waals surface area contributed by atoms with E-state index >= 15 is 0 Å². The quantitative estimate of drug-likeness (QED) is 0.815. The summed E-state index contributed by atoms with van der Waals surface area (Å²) in [6, 6.07) is 0.268. The van der Waals surface area contributed by atoms with Gasteiger partial charge in [-0.1, -0.05) is 39.0 Å². The van der Waals surface area contributed by atoms with Crippen molar-refractivity contribution in [1.82, 2.24) is 0 Å². The lowest BCUT2D eigenvalue weighted by Crippen LogP contribution is -2.52. The van der Waals surface area contributed by atoms with E-state index in [1.54, 1.807) is 0 Å². The first-order chi connectivity index (χ1) is 8.22. The van der Waals surface area contributed by atoms with Crippen molar-refractivity contribution in [2.75, 3.05) is 7.11 Å². The smallest absolute Gasteiger partial charge is 0.0831 e. The van der Waals surface area contributed by atoms with Crippen molar-refractivity contribution in [3.05, 3.63) is 0 Å². The molecule has 2 nitrogen and oxygen atoms in total. The van der Waals surface area contributed by atoms with Gasteiger partial charge in [0.05, 0.1) is 5.60 Å². The summed E-state index contributed by atoms with van der Waals surface area (Å²) in [5, 5.41) is 0. The maximum Gasteiger partial charge on any atom is 0.0831 e. The Morgan fingerprint density at radius 1 is 1.24 bits per heavy atom. The van der Waals surface area contributed by atoms with Crippen LogP contribution in [0.25, 0.3) is 0 Å². The molecule has 2 aliphatic carbocycles. The Hall–Kier alpha value is -0.0800. The summed E-state index contributed by atoms with van der Waals surface area (Å²) in [7, 11) is 1.87. The molecule has 3 unspecified atom stereocenters. The molecule has 100 valence electrons. The van der Waals surface area contributed by atoms with Crippen molar-refractivity contribution in [2.45, 2.75) is 76.4 Å². The van der Waals surface area contributed by atoms with Gasteiger partial charge >= 0.3 is 0 Å². The molecule has 0 spiro atoms. The molecule has 0 aromatic heterocycles. The van der Waals surface area contributed by atoms with Crippen LogP contribution in [0.5, 0.6) is 0 Å². The molecular weight excluding hydrogens is 210 g/mol. The SMILES string of the molecule is CCC1CCCC(C(N)C2(OC)CCCC2)C1. The Labute approximate surface area is 106 Å². The highest BCUT2D eigenvalue weighted by Crippen LogP contribution is 2.42. The van der Waals surface area contributed by atoms with Crippen LogP contribution in [0.3, 0.4) is 0 Å². The van der Waals surface area contributed by atoms with E-state index in [1.165, 1.54) is 57.8 Å². The first-order valence-corrected chi connectivity index (χ1v) is 7.52. The number of hydrogen-bond donors (Lipinski definition) is 1. The number of methoxy groups -OCH3 is 1. The lowest BCUT2D eigenvalue weighted by Gasteiger charge is -2.42. The van der Waals surface area contributed by atoms with Gasteiger partial charge in [-0.15, -0.1) is 0 Å². The van der Waals surface area contributed by atoms with Crippen LogP contribution < -0.4 is 5.73 Å². The zero-order chi connectivity index (χ0) is 12.3. The predicted molar refractivity (Wildman–Crippen MR) is 71.9 cm³/mol. The second-order valence-electron chi connectivity index (χ2n) is 6.20. The minimum Gasteiger partial charge on any atom is -0.377 e. The van der Waals surface area contributed by atoms with E-state index in [9.17, 15) is 0 Å². The van der Waals surface area contributed by atoms with Gasteiger partial charge in [0, 0.05) is 13.2 Å². The molecule has 2 N–H and O–H groups in total. The molecule has 0 aromatic carbocycles. The van der Waals surface area contributed by atoms with Crippen LogP contribution in [0.4, 0.5) is 0 Å². The lowest BCUT2D eigenvalue weighted by molar-refractivity contribution is -0.0473. The Morgan fingerprint density at radius 2 is 1.94 bits per heavy atom. The van der Waals surface area contributed by atoms with Crippen molar-refractivity contribution >= 4 is 0 Å². The van der Waals surface area contributed by atoms with E-state index in [0.717, 1.165) is 5.92 Å². The first-order valence-electron chi connectivity index (χ1n) is 7.52. The van der Waals surface area contributed by atoms with E-state index in [0.29, 0.717) is 5.92 Å². The van der Waals surface area contributed by atoms with Crippen molar-refractivity contribution in [2.24, 2.45) is 17.6 Å². The average Bonchev–Trinajstić information content (AvgIpc) is 2.88.